The van der Waals surface area contributed by atoms with Crippen LogP contribution in [0.2, 0.25) is 0 Å². The highest BCUT2D eigenvalue weighted by atomic mass is 19.1. The Bertz CT molecular complexity index is 628. The molecule has 0 saturated carbocycles. The Hall–Kier alpha value is -2.36. The van der Waals surface area contributed by atoms with E-state index in [2.05, 4.69) is 5.32 Å². The molecule has 2 aromatic rings. The van der Waals surface area contributed by atoms with Gasteiger partial charge in [0.1, 0.15) is 5.82 Å². The predicted octanol–water partition coefficient (Wildman–Crippen LogP) is 3.85. The molecule has 0 saturated heterocycles. The van der Waals surface area contributed by atoms with Crippen LogP contribution in [0.15, 0.2) is 48.5 Å². The van der Waals surface area contributed by atoms with Gasteiger partial charge in [-0.25, -0.2) is 9.18 Å². The highest BCUT2D eigenvalue weighted by Crippen LogP contribution is 2.24. The Morgan fingerprint density at radius 3 is 2.67 bits per heavy atom. The quantitative estimate of drug-likeness (QED) is 0.849. The number of hydrogen-bond acceptors (Lipinski definition) is 3. The lowest BCUT2D eigenvalue weighted by Gasteiger charge is -2.19. The van der Waals surface area contributed by atoms with Gasteiger partial charge in [-0.3, -0.25) is 0 Å². The molecule has 0 aliphatic carbocycles. The fourth-order valence-corrected chi connectivity index (χ4v) is 2.10. The lowest BCUT2D eigenvalue weighted by molar-refractivity contribution is -0.144. The number of esters is 1. The molecular formula is C17H18FNO2. The van der Waals surface area contributed by atoms with E-state index in [0.717, 1.165) is 11.3 Å². The maximum Gasteiger partial charge on any atom is 0.333 e. The molecule has 1 N–H and O–H groups in total. The molecule has 0 aromatic heterocycles. The number of ether oxygens (including phenoxy) is 1. The average molecular weight is 287 g/mol. The fourth-order valence-electron chi connectivity index (χ4n) is 2.10. The smallest absolute Gasteiger partial charge is 0.333 e. The summed E-state index contributed by atoms with van der Waals surface area (Å²) in [7, 11) is 0. The third-order valence-corrected chi connectivity index (χ3v) is 3.07. The number of carbonyl (C=O) groups excluding carboxylic acids is 1. The molecule has 21 heavy (non-hydrogen) atoms. The van der Waals surface area contributed by atoms with Crippen molar-refractivity contribution in [3.63, 3.8) is 0 Å². The molecule has 0 aliphatic rings. The van der Waals surface area contributed by atoms with Crippen molar-refractivity contribution in [3.05, 3.63) is 65.5 Å². The number of nitrogens with one attached hydrogen (secondary N) is 1. The van der Waals surface area contributed by atoms with E-state index in [9.17, 15) is 9.18 Å². The van der Waals surface area contributed by atoms with Gasteiger partial charge in [0.15, 0.2) is 6.04 Å². The summed E-state index contributed by atoms with van der Waals surface area (Å²) in [6.45, 7) is 3.93. The number of hydrogen-bond donors (Lipinski definition) is 1. The maximum absolute atomic E-state index is 14.0. The molecule has 0 amide bonds. The summed E-state index contributed by atoms with van der Waals surface area (Å²) >= 11 is 0. The Kier molecular flexibility index (Phi) is 4.93. The number of aryl methyl sites for hydroxylation is 1. The Morgan fingerprint density at radius 1 is 1.24 bits per heavy atom. The van der Waals surface area contributed by atoms with Crippen molar-refractivity contribution in [2.75, 3.05) is 11.9 Å². The average Bonchev–Trinajstić information content (AvgIpc) is 2.46. The Balaban J connectivity index is 2.33. The second kappa shape index (κ2) is 6.88. The number of anilines is 1. The fraction of sp³-hybridized carbons (Fsp3) is 0.235. The zero-order valence-electron chi connectivity index (χ0n) is 12.1. The minimum Gasteiger partial charge on any atom is -0.464 e. The minimum absolute atomic E-state index is 0.249. The Labute approximate surface area is 123 Å². The minimum atomic E-state index is -0.868. The molecule has 110 valence electrons. The first-order valence-electron chi connectivity index (χ1n) is 6.86. The first-order valence-corrected chi connectivity index (χ1v) is 6.86. The number of benzene rings is 2. The van der Waals surface area contributed by atoms with E-state index in [-0.39, 0.29) is 12.2 Å². The van der Waals surface area contributed by atoms with Gasteiger partial charge in [-0.15, -0.1) is 0 Å². The van der Waals surface area contributed by atoms with E-state index in [1.165, 1.54) is 6.07 Å². The highest BCUT2D eigenvalue weighted by molar-refractivity contribution is 5.81. The second-order valence-electron chi connectivity index (χ2n) is 4.72. The molecule has 0 heterocycles. The summed E-state index contributed by atoms with van der Waals surface area (Å²) in [6.07, 6.45) is 0. The highest BCUT2D eigenvalue weighted by Gasteiger charge is 2.24. The van der Waals surface area contributed by atoms with E-state index >= 15 is 0 Å². The topological polar surface area (TPSA) is 38.3 Å². The van der Waals surface area contributed by atoms with Gasteiger partial charge in [-0.2, -0.15) is 0 Å². The lowest BCUT2D eigenvalue weighted by Crippen LogP contribution is -2.24. The van der Waals surface area contributed by atoms with Crippen LogP contribution in [0.5, 0.6) is 0 Å². The maximum atomic E-state index is 14.0. The van der Waals surface area contributed by atoms with E-state index in [0.29, 0.717) is 0 Å². The van der Waals surface area contributed by atoms with Gasteiger partial charge in [0.05, 0.1) is 6.61 Å². The van der Waals surface area contributed by atoms with Gasteiger partial charge in [-0.1, -0.05) is 30.3 Å². The second-order valence-corrected chi connectivity index (χ2v) is 4.72. The van der Waals surface area contributed by atoms with Gasteiger partial charge in [0.25, 0.3) is 0 Å². The van der Waals surface area contributed by atoms with E-state index in [1.54, 1.807) is 25.1 Å². The summed E-state index contributed by atoms with van der Waals surface area (Å²) < 4.78 is 19.0. The third kappa shape index (κ3) is 3.81. The van der Waals surface area contributed by atoms with Crippen molar-refractivity contribution >= 4 is 11.7 Å². The molecule has 0 spiro atoms. The third-order valence-electron chi connectivity index (χ3n) is 3.07. The zero-order valence-corrected chi connectivity index (χ0v) is 12.1. The van der Waals surface area contributed by atoms with Crippen LogP contribution in [-0.4, -0.2) is 12.6 Å². The van der Waals surface area contributed by atoms with Crippen LogP contribution in [0.3, 0.4) is 0 Å². The molecule has 1 atom stereocenters. The molecule has 0 fully saturated rings. The van der Waals surface area contributed by atoms with Crippen LogP contribution in [0.4, 0.5) is 10.1 Å². The van der Waals surface area contributed by atoms with Gasteiger partial charge in [-0.05, 0) is 37.6 Å². The zero-order chi connectivity index (χ0) is 15.2. The molecular weight excluding hydrogens is 269 g/mol. The molecule has 0 aliphatic heterocycles. The van der Waals surface area contributed by atoms with Crippen molar-refractivity contribution < 1.29 is 13.9 Å². The molecule has 4 heteroatoms. The van der Waals surface area contributed by atoms with Gasteiger partial charge in [0, 0.05) is 11.3 Å². The molecule has 0 bridgehead atoms. The largest absolute Gasteiger partial charge is 0.464 e. The number of carbonyl (C=O) groups is 1. The van der Waals surface area contributed by atoms with Crippen LogP contribution >= 0.6 is 0 Å². The molecule has 3 nitrogen and oxygen atoms in total. The van der Waals surface area contributed by atoms with Crippen molar-refractivity contribution in [2.24, 2.45) is 0 Å². The summed E-state index contributed by atoms with van der Waals surface area (Å²) in [5.74, 6) is -0.931. The molecule has 1 unspecified atom stereocenters. The monoisotopic (exact) mass is 287 g/mol. The van der Waals surface area contributed by atoms with E-state index in [4.69, 9.17) is 4.74 Å². The van der Waals surface area contributed by atoms with Crippen LogP contribution in [0, 0.1) is 12.7 Å². The number of halogens is 1. The first kappa shape index (κ1) is 15.0. The first-order chi connectivity index (χ1) is 10.1. The van der Waals surface area contributed by atoms with Gasteiger partial charge < -0.3 is 10.1 Å². The van der Waals surface area contributed by atoms with Crippen LogP contribution in [0.25, 0.3) is 0 Å². The van der Waals surface area contributed by atoms with Crippen LogP contribution in [0.1, 0.15) is 24.1 Å². The normalized spacial score (nSPS) is 11.8. The van der Waals surface area contributed by atoms with Crippen LogP contribution in [-0.2, 0) is 9.53 Å². The molecule has 2 rings (SSSR count). The van der Waals surface area contributed by atoms with E-state index < -0.39 is 17.8 Å². The van der Waals surface area contributed by atoms with Crippen LogP contribution < -0.4 is 5.32 Å². The van der Waals surface area contributed by atoms with E-state index in [1.807, 2.05) is 31.2 Å². The standard InChI is InChI=1S/C17H18FNO2/c1-3-21-17(20)16(14-9-4-5-10-15(14)18)19-13-8-6-7-12(2)11-13/h4-11,16,19H,3H2,1-2H3. The predicted molar refractivity (Wildman–Crippen MR) is 80.6 cm³/mol. The van der Waals surface area contributed by atoms with Gasteiger partial charge >= 0.3 is 5.97 Å². The summed E-state index contributed by atoms with van der Waals surface area (Å²) in [5, 5.41) is 3.05. The van der Waals surface area contributed by atoms with Gasteiger partial charge in [0.2, 0.25) is 0 Å². The van der Waals surface area contributed by atoms with Crippen molar-refractivity contribution in [1.29, 1.82) is 0 Å². The SMILES string of the molecule is CCOC(=O)C(Nc1cccc(C)c1)c1ccccc1F. The summed E-state index contributed by atoms with van der Waals surface area (Å²) in [5.41, 5.74) is 2.07. The lowest BCUT2D eigenvalue weighted by atomic mass is 10.1. The molecule has 0 radical (unpaired) electrons. The summed E-state index contributed by atoms with van der Waals surface area (Å²) in [6, 6.07) is 12.9. The molecule has 2 aromatic carbocycles. The number of rotatable bonds is 5. The van der Waals surface area contributed by atoms with Crippen molar-refractivity contribution in [1.82, 2.24) is 0 Å². The summed E-state index contributed by atoms with van der Waals surface area (Å²) in [4.78, 5) is 12.1. The van der Waals surface area contributed by atoms with Crippen molar-refractivity contribution in [3.8, 4) is 0 Å². The Morgan fingerprint density at radius 2 is 2.00 bits per heavy atom. The van der Waals surface area contributed by atoms with Crippen molar-refractivity contribution in [2.45, 2.75) is 19.9 Å².